The van der Waals surface area contributed by atoms with E-state index < -0.39 is 0 Å². The third kappa shape index (κ3) is 2.23. The topological polar surface area (TPSA) is 15.3 Å². The Labute approximate surface area is 126 Å². The summed E-state index contributed by atoms with van der Waals surface area (Å²) >= 11 is 0. The molecule has 0 spiro atoms. The summed E-state index contributed by atoms with van der Waals surface area (Å²) in [6, 6.07) is 1.43. The van der Waals surface area contributed by atoms with Crippen LogP contribution >= 0.6 is 0 Å². The van der Waals surface area contributed by atoms with Crippen molar-refractivity contribution in [3.05, 3.63) is 0 Å². The molecule has 1 aliphatic heterocycles. The Morgan fingerprint density at radius 1 is 1.05 bits per heavy atom. The molecule has 1 N–H and O–H groups in total. The molecule has 0 aromatic heterocycles. The van der Waals surface area contributed by atoms with Crippen molar-refractivity contribution in [2.45, 2.75) is 85.9 Å². The third-order valence-electron chi connectivity index (χ3n) is 7.00. The zero-order valence-electron chi connectivity index (χ0n) is 15.0. The highest BCUT2D eigenvalue weighted by Gasteiger charge is 2.68. The minimum atomic E-state index is 0.333. The first-order valence-corrected chi connectivity index (χ1v) is 8.63. The van der Waals surface area contributed by atoms with E-state index in [4.69, 9.17) is 0 Å². The summed E-state index contributed by atoms with van der Waals surface area (Å²) in [4.78, 5) is 2.87. The summed E-state index contributed by atoms with van der Waals surface area (Å²) in [7, 11) is 0. The van der Waals surface area contributed by atoms with Gasteiger partial charge in [0.15, 0.2) is 0 Å². The van der Waals surface area contributed by atoms with E-state index in [0.717, 1.165) is 18.5 Å². The highest BCUT2D eigenvalue weighted by molar-refractivity contribution is 5.21. The molecule has 0 radical (unpaired) electrons. The van der Waals surface area contributed by atoms with Crippen LogP contribution in [0.15, 0.2) is 0 Å². The van der Waals surface area contributed by atoms with E-state index in [1.807, 2.05) is 0 Å². The fourth-order valence-corrected chi connectivity index (χ4v) is 4.58. The van der Waals surface area contributed by atoms with E-state index in [1.54, 1.807) is 0 Å². The first kappa shape index (κ1) is 16.3. The van der Waals surface area contributed by atoms with E-state index in [1.165, 1.54) is 19.4 Å². The standard InChI is InChI=1S/C18H36N2/c1-9-18(10-2)12-20(14(11-19-18)13(3)4)15-16(5,6)17(15,7)8/h13-15,19H,9-12H2,1-8H3. The van der Waals surface area contributed by atoms with Gasteiger partial charge < -0.3 is 5.32 Å². The number of hydrogen-bond donors (Lipinski definition) is 1. The van der Waals surface area contributed by atoms with Crippen LogP contribution < -0.4 is 5.32 Å². The average molecular weight is 280 g/mol. The Bertz CT molecular complexity index is 338. The van der Waals surface area contributed by atoms with E-state index >= 15 is 0 Å². The molecule has 2 nitrogen and oxygen atoms in total. The fraction of sp³-hybridized carbons (Fsp3) is 1.00. The Hall–Kier alpha value is -0.0800. The zero-order chi connectivity index (χ0) is 15.3. The minimum Gasteiger partial charge on any atom is -0.308 e. The minimum absolute atomic E-state index is 0.333. The van der Waals surface area contributed by atoms with Crippen molar-refractivity contribution in [2.24, 2.45) is 16.7 Å². The van der Waals surface area contributed by atoms with Gasteiger partial charge in [0, 0.05) is 30.7 Å². The van der Waals surface area contributed by atoms with Crippen LogP contribution in [0.3, 0.4) is 0 Å². The maximum Gasteiger partial charge on any atom is 0.0304 e. The summed E-state index contributed by atoms with van der Waals surface area (Å²) in [5.41, 5.74) is 1.23. The molecule has 1 aliphatic carbocycles. The molecule has 1 atom stereocenters. The first-order chi connectivity index (χ1) is 9.13. The van der Waals surface area contributed by atoms with Crippen molar-refractivity contribution < 1.29 is 0 Å². The van der Waals surface area contributed by atoms with E-state index in [0.29, 0.717) is 22.4 Å². The van der Waals surface area contributed by atoms with Crippen molar-refractivity contribution in [1.29, 1.82) is 0 Å². The van der Waals surface area contributed by atoms with Gasteiger partial charge in [-0.3, -0.25) is 4.90 Å². The zero-order valence-corrected chi connectivity index (χ0v) is 15.0. The molecule has 0 amide bonds. The van der Waals surface area contributed by atoms with Gasteiger partial charge in [0.25, 0.3) is 0 Å². The Morgan fingerprint density at radius 2 is 1.55 bits per heavy atom. The fourth-order valence-electron chi connectivity index (χ4n) is 4.58. The Kier molecular flexibility index (Phi) is 4.06. The molecule has 1 saturated heterocycles. The van der Waals surface area contributed by atoms with Crippen LogP contribution in [0.5, 0.6) is 0 Å². The van der Waals surface area contributed by atoms with Gasteiger partial charge in [-0.2, -0.15) is 0 Å². The highest BCUT2D eigenvalue weighted by Crippen LogP contribution is 2.66. The summed E-state index contributed by atoms with van der Waals surface area (Å²) in [6.07, 6.45) is 2.47. The number of hydrogen-bond acceptors (Lipinski definition) is 2. The van der Waals surface area contributed by atoms with Crippen LogP contribution in [-0.2, 0) is 0 Å². The van der Waals surface area contributed by atoms with Gasteiger partial charge in [-0.1, -0.05) is 55.4 Å². The number of nitrogens with zero attached hydrogens (tertiary/aromatic N) is 1. The molecule has 2 rings (SSSR count). The van der Waals surface area contributed by atoms with Crippen molar-refractivity contribution in [3.8, 4) is 0 Å². The molecule has 1 saturated carbocycles. The van der Waals surface area contributed by atoms with Crippen molar-refractivity contribution in [1.82, 2.24) is 10.2 Å². The summed E-state index contributed by atoms with van der Waals surface area (Å²) in [5, 5.41) is 3.89. The van der Waals surface area contributed by atoms with Gasteiger partial charge in [0.2, 0.25) is 0 Å². The van der Waals surface area contributed by atoms with E-state index in [2.05, 4.69) is 65.6 Å². The second-order valence-electron chi connectivity index (χ2n) is 8.70. The maximum atomic E-state index is 3.89. The molecule has 0 bridgehead atoms. The van der Waals surface area contributed by atoms with Gasteiger partial charge in [0.1, 0.15) is 0 Å². The number of rotatable bonds is 4. The molecule has 0 aromatic rings. The lowest BCUT2D eigenvalue weighted by molar-refractivity contribution is 0.0304. The molecule has 0 aromatic carbocycles. The molecule has 2 heteroatoms. The molecule has 118 valence electrons. The van der Waals surface area contributed by atoms with E-state index in [9.17, 15) is 0 Å². The third-order valence-corrected chi connectivity index (χ3v) is 7.00. The normalized spacial score (nSPS) is 32.5. The maximum absolute atomic E-state index is 3.89. The van der Waals surface area contributed by atoms with Crippen LogP contribution in [0.2, 0.25) is 0 Å². The summed E-state index contributed by atoms with van der Waals surface area (Å²) in [5.74, 6) is 0.724. The van der Waals surface area contributed by atoms with Crippen LogP contribution in [-0.4, -0.2) is 35.6 Å². The van der Waals surface area contributed by atoms with Gasteiger partial charge in [-0.15, -0.1) is 0 Å². The molecule has 2 aliphatic rings. The van der Waals surface area contributed by atoms with Crippen molar-refractivity contribution in [2.75, 3.05) is 13.1 Å². The van der Waals surface area contributed by atoms with E-state index in [-0.39, 0.29) is 0 Å². The van der Waals surface area contributed by atoms with Gasteiger partial charge in [-0.25, -0.2) is 0 Å². The first-order valence-electron chi connectivity index (χ1n) is 8.63. The van der Waals surface area contributed by atoms with Crippen LogP contribution in [0.1, 0.15) is 68.2 Å². The van der Waals surface area contributed by atoms with Crippen molar-refractivity contribution >= 4 is 0 Å². The number of nitrogens with one attached hydrogen (secondary N) is 1. The van der Waals surface area contributed by atoms with Crippen LogP contribution in [0.4, 0.5) is 0 Å². The quantitative estimate of drug-likeness (QED) is 0.840. The van der Waals surface area contributed by atoms with Crippen molar-refractivity contribution in [3.63, 3.8) is 0 Å². The molecule has 2 fully saturated rings. The summed E-state index contributed by atoms with van der Waals surface area (Å²) in [6.45, 7) is 21.6. The lowest BCUT2D eigenvalue weighted by atomic mass is 9.85. The predicted octanol–water partition coefficient (Wildman–Crippen LogP) is 3.91. The SMILES string of the molecule is CCC1(CC)CN(C2C(C)(C)C2(C)C)C(C(C)C)CN1. The molecular formula is C18H36N2. The predicted molar refractivity (Wildman–Crippen MR) is 88.0 cm³/mol. The monoisotopic (exact) mass is 280 g/mol. The Balaban J connectivity index is 2.26. The number of piperazine rings is 1. The van der Waals surface area contributed by atoms with Gasteiger partial charge in [-0.05, 0) is 29.6 Å². The molecule has 1 unspecified atom stereocenters. The van der Waals surface area contributed by atoms with Gasteiger partial charge in [0.05, 0.1) is 0 Å². The van der Waals surface area contributed by atoms with Crippen LogP contribution in [0.25, 0.3) is 0 Å². The molecule has 20 heavy (non-hydrogen) atoms. The molecule has 1 heterocycles. The highest BCUT2D eigenvalue weighted by atomic mass is 15.3. The average Bonchev–Trinajstić information content (AvgIpc) is 2.78. The second-order valence-corrected chi connectivity index (χ2v) is 8.70. The Morgan fingerprint density at radius 3 is 1.90 bits per heavy atom. The summed E-state index contributed by atoms with van der Waals surface area (Å²) < 4.78 is 0. The smallest absolute Gasteiger partial charge is 0.0304 e. The van der Waals surface area contributed by atoms with Gasteiger partial charge >= 0.3 is 0 Å². The largest absolute Gasteiger partial charge is 0.308 e. The van der Waals surface area contributed by atoms with Crippen LogP contribution in [0, 0.1) is 16.7 Å². The molecular weight excluding hydrogens is 244 g/mol. The lowest BCUT2D eigenvalue weighted by Crippen LogP contribution is -2.66. The lowest BCUT2D eigenvalue weighted by Gasteiger charge is -2.50. The second kappa shape index (κ2) is 4.98.